The Labute approximate surface area is 88.2 Å². The molecule has 1 heterocycles. The van der Waals surface area contributed by atoms with Crippen molar-refractivity contribution in [2.75, 3.05) is 0 Å². The lowest BCUT2D eigenvalue weighted by molar-refractivity contribution is 0.292. The molecule has 74 valence electrons. The summed E-state index contributed by atoms with van der Waals surface area (Å²) >= 11 is 3.32. The Kier molecular flexibility index (Phi) is 3.17. The Hall–Kier alpha value is -0.310. The number of ether oxygens (including phenoxy) is 1. The van der Waals surface area contributed by atoms with Gasteiger partial charge in [0.05, 0.1) is 0 Å². The fraction of sp³-hybridized carbons (Fsp3) is 0.700. The zero-order valence-electron chi connectivity index (χ0n) is 8.60. The Bertz CT molecular complexity index is 260. The van der Waals surface area contributed by atoms with E-state index in [0.717, 1.165) is 18.1 Å². The minimum absolute atomic E-state index is 0.178. The van der Waals surface area contributed by atoms with Gasteiger partial charge in [-0.3, -0.25) is 0 Å². The van der Waals surface area contributed by atoms with Gasteiger partial charge in [-0.25, -0.2) is 4.99 Å². The lowest BCUT2D eigenvalue weighted by Crippen LogP contribution is -2.30. The summed E-state index contributed by atoms with van der Waals surface area (Å²) in [5.41, 5.74) is -0.178. The number of hydrogen-bond acceptors (Lipinski definition) is 2. The molecule has 0 radical (unpaired) electrons. The summed E-state index contributed by atoms with van der Waals surface area (Å²) in [4.78, 5) is 6.37. The maximum Gasteiger partial charge on any atom is 0.187 e. The first kappa shape index (κ1) is 10.8. The highest BCUT2D eigenvalue weighted by Gasteiger charge is 2.40. The van der Waals surface area contributed by atoms with Crippen LogP contribution in [0.3, 0.4) is 0 Å². The molecule has 0 aromatic carbocycles. The molecule has 0 saturated heterocycles. The summed E-state index contributed by atoms with van der Waals surface area (Å²) in [6, 6.07) is 0. The van der Waals surface area contributed by atoms with Crippen LogP contribution in [0.2, 0.25) is 0 Å². The van der Waals surface area contributed by atoms with Crippen LogP contribution in [0.1, 0.15) is 34.1 Å². The summed E-state index contributed by atoms with van der Waals surface area (Å²) in [6.07, 6.45) is 1.10. The average molecular weight is 246 g/mol. The van der Waals surface area contributed by atoms with Crippen molar-refractivity contribution in [2.45, 2.75) is 39.7 Å². The molecule has 3 heteroatoms. The van der Waals surface area contributed by atoms with E-state index in [0.29, 0.717) is 5.92 Å². The molecule has 0 aromatic rings. The Balaban J connectivity index is 2.99. The molecule has 1 aliphatic rings. The fourth-order valence-corrected chi connectivity index (χ4v) is 2.11. The molecule has 2 atom stereocenters. The molecule has 0 N–H and O–H groups in total. The van der Waals surface area contributed by atoms with Crippen LogP contribution in [0.4, 0.5) is 0 Å². The van der Waals surface area contributed by atoms with Crippen molar-refractivity contribution >= 4 is 21.8 Å². The van der Waals surface area contributed by atoms with Gasteiger partial charge >= 0.3 is 0 Å². The van der Waals surface area contributed by atoms with Crippen LogP contribution in [0.25, 0.3) is 0 Å². The first-order valence-electron chi connectivity index (χ1n) is 4.59. The summed E-state index contributed by atoms with van der Waals surface area (Å²) in [7, 11) is 0. The van der Waals surface area contributed by atoms with Crippen molar-refractivity contribution in [3.63, 3.8) is 0 Å². The van der Waals surface area contributed by atoms with E-state index in [1.807, 2.05) is 11.9 Å². The van der Waals surface area contributed by atoms with Crippen molar-refractivity contribution in [3.8, 4) is 0 Å². The van der Waals surface area contributed by atoms with Gasteiger partial charge in [0.15, 0.2) is 5.90 Å². The third kappa shape index (κ3) is 1.80. The highest BCUT2D eigenvalue weighted by molar-refractivity contribution is 9.11. The SMILES string of the molecule is CCC(C)C1(C)N=C(C)OC1=CBr. The standard InChI is InChI=1S/C10H16BrNO/c1-5-7(2)10(4)9(6-11)13-8(3)12-10/h6-7H,5H2,1-4H3. The monoisotopic (exact) mass is 245 g/mol. The Morgan fingerprint density at radius 2 is 2.31 bits per heavy atom. The smallest absolute Gasteiger partial charge is 0.187 e. The van der Waals surface area contributed by atoms with Gasteiger partial charge in [-0.2, -0.15) is 0 Å². The van der Waals surface area contributed by atoms with E-state index in [1.54, 1.807) is 0 Å². The molecular weight excluding hydrogens is 230 g/mol. The predicted molar refractivity (Wildman–Crippen MR) is 59.1 cm³/mol. The van der Waals surface area contributed by atoms with Gasteiger partial charge in [-0.1, -0.05) is 36.2 Å². The fourth-order valence-electron chi connectivity index (χ4n) is 1.55. The van der Waals surface area contributed by atoms with Crippen molar-refractivity contribution in [2.24, 2.45) is 10.9 Å². The second-order valence-corrected chi connectivity index (χ2v) is 4.12. The molecule has 0 bridgehead atoms. The number of rotatable bonds is 2. The van der Waals surface area contributed by atoms with Crippen LogP contribution in [-0.2, 0) is 4.74 Å². The second kappa shape index (κ2) is 3.82. The molecule has 0 spiro atoms. The third-order valence-electron chi connectivity index (χ3n) is 2.82. The second-order valence-electron chi connectivity index (χ2n) is 3.66. The maximum atomic E-state index is 5.51. The molecule has 0 saturated carbocycles. The molecule has 2 unspecified atom stereocenters. The lowest BCUT2D eigenvalue weighted by Gasteiger charge is -2.26. The highest BCUT2D eigenvalue weighted by Crippen LogP contribution is 2.37. The van der Waals surface area contributed by atoms with Gasteiger partial charge in [0, 0.05) is 11.9 Å². The molecule has 13 heavy (non-hydrogen) atoms. The Morgan fingerprint density at radius 1 is 1.69 bits per heavy atom. The largest absolute Gasteiger partial charge is 0.445 e. The quantitative estimate of drug-likeness (QED) is 0.730. The van der Waals surface area contributed by atoms with Crippen molar-refractivity contribution < 1.29 is 4.74 Å². The van der Waals surface area contributed by atoms with E-state index in [4.69, 9.17) is 4.74 Å². The van der Waals surface area contributed by atoms with Gasteiger partial charge in [0.1, 0.15) is 11.3 Å². The summed E-state index contributed by atoms with van der Waals surface area (Å²) in [5.74, 6) is 2.17. The number of aliphatic imine (C=N–C) groups is 1. The van der Waals surface area contributed by atoms with E-state index in [1.165, 1.54) is 0 Å². The predicted octanol–water partition coefficient (Wildman–Crippen LogP) is 3.48. The van der Waals surface area contributed by atoms with Crippen LogP contribution in [0.15, 0.2) is 15.7 Å². The van der Waals surface area contributed by atoms with Gasteiger partial charge in [-0.15, -0.1) is 0 Å². The summed E-state index contributed by atoms with van der Waals surface area (Å²) in [5, 5.41) is 0. The molecule has 2 nitrogen and oxygen atoms in total. The average Bonchev–Trinajstić information content (AvgIpc) is 2.40. The molecule has 0 amide bonds. The van der Waals surface area contributed by atoms with Crippen LogP contribution < -0.4 is 0 Å². The van der Waals surface area contributed by atoms with E-state index < -0.39 is 0 Å². The van der Waals surface area contributed by atoms with Crippen molar-refractivity contribution in [1.82, 2.24) is 0 Å². The van der Waals surface area contributed by atoms with Gasteiger partial charge in [0.2, 0.25) is 0 Å². The van der Waals surface area contributed by atoms with E-state index in [9.17, 15) is 0 Å². The molecule has 1 rings (SSSR count). The molecule has 0 aliphatic carbocycles. The van der Waals surface area contributed by atoms with E-state index in [-0.39, 0.29) is 5.54 Å². The summed E-state index contributed by atoms with van der Waals surface area (Å²) < 4.78 is 5.51. The van der Waals surface area contributed by atoms with Crippen molar-refractivity contribution in [1.29, 1.82) is 0 Å². The van der Waals surface area contributed by atoms with Gasteiger partial charge in [-0.05, 0) is 12.8 Å². The summed E-state index contributed by atoms with van der Waals surface area (Å²) in [6.45, 7) is 8.38. The first-order chi connectivity index (χ1) is 6.04. The first-order valence-corrected chi connectivity index (χ1v) is 5.51. The molecular formula is C10H16BrNO. The normalized spacial score (nSPS) is 33.0. The molecule has 0 aromatic heterocycles. The van der Waals surface area contributed by atoms with Crippen LogP contribution in [0.5, 0.6) is 0 Å². The zero-order valence-corrected chi connectivity index (χ0v) is 10.2. The molecule has 1 aliphatic heterocycles. The highest BCUT2D eigenvalue weighted by atomic mass is 79.9. The lowest BCUT2D eigenvalue weighted by atomic mass is 9.85. The van der Waals surface area contributed by atoms with E-state index in [2.05, 4.69) is 41.7 Å². The third-order valence-corrected chi connectivity index (χ3v) is 3.23. The van der Waals surface area contributed by atoms with Crippen molar-refractivity contribution in [3.05, 3.63) is 10.7 Å². The van der Waals surface area contributed by atoms with Crippen LogP contribution >= 0.6 is 15.9 Å². The maximum absolute atomic E-state index is 5.51. The molecule has 0 fully saturated rings. The van der Waals surface area contributed by atoms with Crippen LogP contribution in [0, 0.1) is 5.92 Å². The topological polar surface area (TPSA) is 21.6 Å². The van der Waals surface area contributed by atoms with Crippen LogP contribution in [-0.4, -0.2) is 11.4 Å². The minimum Gasteiger partial charge on any atom is -0.445 e. The number of halogens is 1. The number of nitrogens with zero attached hydrogens (tertiary/aromatic N) is 1. The van der Waals surface area contributed by atoms with Gasteiger partial charge in [0.25, 0.3) is 0 Å². The zero-order chi connectivity index (χ0) is 10.1. The Morgan fingerprint density at radius 3 is 2.77 bits per heavy atom. The number of hydrogen-bond donors (Lipinski definition) is 0. The van der Waals surface area contributed by atoms with Gasteiger partial charge < -0.3 is 4.74 Å². The minimum atomic E-state index is -0.178. The van der Waals surface area contributed by atoms with E-state index >= 15 is 0 Å².